The molecule has 0 aliphatic heterocycles. The predicted octanol–water partition coefficient (Wildman–Crippen LogP) is 1.69. The Morgan fingerprint density at radius 1 is 1.36 bits per heavy atom. The molecule has 124 valence electrons. The number of ether oxygens (including phenoxy) is 1. The maximum Gasteiger partial charge on any atom is 0.224 e. The summed E-state index contributed by atoms with van der Waals surface area (Å²) in [6, 6.07) is 5.53. The van der Waals surface area contributed by atoms with Crippen LogP contribution >= 0.6 is 0 Å². The van der Waals surface area contributed by atoms with Crippen molar-refractivity contribution >= 4 is 21.6 Å². The van der Waals surface area contributed by atoms with Gasteiger partial charge in [-0.1, -0.05) is 13.0 Å². The van der Waals surface area contributed by atoms with E-state index in [4.69, 9.17) is 4.74 Å². The molecule has 0 aliphatic carbocycles. The molecule has 0 aliphatic rings. The quantitative estimate of drug-likeness (QED) is 0.788. The minimum Gasteiger partial charge on any atom is -0.495 e. The largest absolute Gasteiger partial charge is 0.495 e. The number of carbonyl (C=O) groups excluding carboxylic acids is 1. The highest BCUT2D eigenvalue weighted by Gasteiger charge is 2.17. The summed E-state index contributed by atoms with van der Waals surface area (Å²) in [4.78, 5) is 13.4. The van der Waals surface area contributed by atoms with Gasteiger partial charge in [-0.3, -0.25) is 4.79 Å². The Morgan fingerprint density at radius 3 is 2.59 bits per heavy atom. The topological polar surface area (TPSA) is 75.7 Å². The number of hydrogen-bond acceptors (Lipinski definition) is 4. The van der Waals surface area contributed by atoms with Crippen LogP contribution < -0.4 is 14.4 Å². The molecule has 0 heterocycles. The maximum absolute atomic E-state index is 11.9. The molecule has 0 bridgehead atoms. The van der Waals surface area contributed by atoms with Crippen LogP contribution in [0.5, 0.6) is 5.75 Å². The van der Waals surface area contributed by atoms with Crippen LogP contribution in [0.2, 0.25) is 0 Å². The number of hydrogen-bond donors (Lipinski definition) is 1. The number of rotatable bonds is 8. The van der Waals surface area contributed by atoms with E-state index in [2.05, 4.69) is 4.72 Å². The number of sulfonamides is 1. The first-order chi connectivity index (χ1) is 10.3. The number of anilines is 1. The van der Waals surface area contributed by atoms with Gasteiger partial charge in [0.25, 0.3) is 0 Å². The van der Waals surface area contributed by atoms with E-state index in [0.29, 0.717) is 17.9 Å². The molecule has 7 heteroatoms. The SMILES string of the molecule is CCCS(=O)(=O)NCCN(C(C)=O)c1cc(C)ccc1OC. The van der Waals surface area contributed by atoms with Crippen LogP contribution in [0.25, 0.3) is 0 Å². The lowest BCUT2D eigenvalue weighted by Gasteiger charge is -2.24. The van der Waals surface area contributed by atoms with Crippen molar-refractivity contribution in [3.8, 4) is 5.75 Å². The third-order valence-corrected chi connectivity index (χ3v) is 4.73. The summed E-state index contributed by atoms with van der Waals surface area (Å²) in [7, 11) is -1.74. The molecule has 0 unspecified atom stereocenters. The average molecular weight is 328 g/mol. The first-order valence-corrected chi connectivity index (χ1v) is 8.86. The third-order valence-electron chi connectivity index (χ3n) is 3.14. The zero-order valence-electron chi connectivity index (χ0n) is 13.5. The highest BCUT2D eigenvalue weighted by molar-refractivity contribution is 7.89. The van der Waals surface area contributed by atoms with E-state index in [-0.39, 0.29) is 24.7 Å². The van der Waals surface area contributed by atoms with E-state index in [0.717, 1.165) is 5.56 Å². The van der Waals surface area contributed by atoms with Crippen molar-refractivity contribution < 1.29 is 17.9 Å². The molecule has 6 nitrogen and oxygen atoms in total. The van der Waals surface area contributed by atoms with Gasteiger partial charge in [-0.05, 0) is 31.0 Å². The number of methoxy groups -OCH3 is 1. The van der Waals surface area contributed by atoms with Gasteiger partial charge in [0.05, 0.1) is 18.6 Å². The van der Waals surface area contributed by atoms with Gasteiger partial charge in [0.2, 0.25) is 15.9 Å². The molecule has 0 saturated heterocycles. The number of benzene rings is 1. The molecule has 0 saturated carbocycles. The lowest BCUT2D eigenvalue weighted by Crippen LogP contribution is -2.38. The second-order valence-electron chi connectivity index (χ2n) is 5.06. The second-order valence-corrected chi connectivity index (χ2v) is 6.99. The zero-order chi connectivity index (χ0) is 16.8. The van der Waals surface area contributed by atoms with Gasteiger partial charge in [0.1, 0.15) is 5.75 Å². The Balaban J connectivity index is 2.87. The summed E-state index contributed by atoms with van der Waals surface area (Å²) in [5, 5.41) is 0. The van der Waals surface area contributed by atoms with Crippen LogP contribution in [0, 0.1) is 6.92 Å². The van der Waals surface area contributed by atoms with Crippen LogP contribution in [-0.2, 0) is 14.8 Å². The Morgan fingerprint density at radius 2 is 2.05 bits per heavy atom. The standard InChI is InChI=1S/C15H24N2O4S/c1-5-10-22(19,20)16-8-9-17(13(3)18)14-11-12(2)6-7-15(14)21-4/h6-7,11,16H,5,8-10H2,1-4H3. The lowest BCUT2D eigenvalue weighted by atomic mass is 10.2. The first kappa shape index (κ1) is 18.4. The van der Waals surface area contributed by atoms with Crippen molar-refractivity contribution in [3.63, 3.8) is 0 Å². The van der Waals surface area contributed by atoms with Gasteiger partial charge in [-0.15, -0.1) is 0 Å². The fourth-order valence-electron chi connectivity index (χ4n) is 2.11. The summed E-state index contributed by atoms with van der Waals surface area (Å²) >= 11 is 0. The molecule has 0 radical (unpaired) electrons. The summed E-state index contributed by atoms with van der Waals surface area (Å²) in [6.45, 7) is 5.59. The molecule has 0 atom stereocenters. The highest BCUT2D eigenvalue weighted by Crippen LogP contribution is 2.29. The van der Waals surface area contributed by atoms with E-state index < -0.39 is 10.0 Å². The van der Waals surface area contributed by atoms with E-state index in [1.807, 2.05) is 19.1 Å². The van der Waals surface area contributed by atoms with Crippen molar-refractivity contribution in [1.29, 1.82) is 0 Å². The van der Waals surface area contributed by atoms with Gasteiger partial charge in [0, 0.05) is 20.0 Å². The highest BCUT2D eigenvalue weighted by atomic mass is 32.2. The Kier molecular flexibility index (Phi) is 6.83. The molecule has 1 N–H and O–H groups in total. The van der Waals surface area contributed by atoms with E-state index >= 15 is 0 Å². The smallest absolute Gasteiger partial charge is 0.224 e. The van der Waals surface area contributed by atoms with E-state index in [1.165, 1.54) is 18.9 Å². The van der Waals surface area contributed by atoms with E-state index in [9.17, 15) is 13.2 Å². The second kappa shape index (κ2) is 8.14. The molecule has 1 aromatic rings. The molecule has 0 fully saturated rings. The minimum absolute atomic E-state index is 0.0842. The number of aryl methyl sites for hydroxylation is 1. The molecule has 1 aromatic carbocycles. The van der Waals surface area contributed by atoms with Crippen LogP contribution in [0.4, 0.5) is 5.69 Å². The molecule has 22 heavy (non-hydrogen) atoms. The van der Waals surface area contributed by atoms with Crippen LogP contribution in [0.15, 0.2) is 18.2 Å². The summed E-state index contributed by atoms with van der Waals surface area (Å²) in [6.07, 6.45) is 0.553. The zero-order valence-corrected chi connectivity index (χ0v) is 14.4. The molecule has 0 spiro atoms. The number of nitrogens with one attached hydrogen (secondary N) is 1. The van der Waals surface area contributed by atoms with Crippen LogP contribution in [0.1, 0.15) is 25.8 Å². The summed E-state index contributed by atoms with van der Waals surface area (Å²) in [5.74, 6) is 0.497. The molecular weight excluding hydrogens is 304 g/mol. The van der Waals surface area contributed by atoms with Crippen molar-refractivity contribution in [1.82, 2.24) is 4.72 Å². The third kappa shape index (κ3) is 5.31. The molecule has 0 aromatic heterocycles. The maximum atomic E-state index is 11.9. The lowest BCUT2D eigenvalue weighted by molar-refractivity contribution is -0.116. The van der Waals surface area contributed by atoms with Gasteiger partial charge >= 0.3 is 0 Å². The van der Waals surface area contributed by atoms with Crippen molar-refractivity contribution in [3.05, 3.63) is 23.8 Å². The van der Waals surface area contributed by atoms with Crippen LogP contribution in [-0.4, -0.2) is 40.3 Å². The molecule has 1 amide bonds. The van der Waals surface area contributed by atoms with Crippen molar-refractivity contribution in [2.45, 2.75) is 27.2 Å². The fraction of sp³-hybridized carbons (Fsp3) is 0.533. The van der Waals surface area contributed by atoms with Gasteiger partial charge in [-0.25, -0.2) is 13.1 Å². The monoisotopic (exact) mass is 328 g/mol. The first-order valence-electron chi connectivity index (χ1n) is 7.20. The Bertz CT molecular complexity index is 614. The molecular formula is C15H24N2O4S. The van der Waals surface area contributed by atoms with Crippen molar-refractivity contribution in [2.24, 2.45) is 0 Å². The predicted molar refractivity (Wildman–Crippen MR) is 87.8 cm³/mol. The number of amides is 1. The van der Waals surface area contributed by atoms with Gasteiger partial charge in [-0.2, -0.15) is 0 Å². The Labute approximate surface area is 132 Å². The average Bonchev–Trinajstić information content (AvgIpc) is 2.43. The summed E-state index contributed by atoms with van der Waals surface area (Å²) in [5.41, 5.74) is 1.64. The normalized spacial score (nSPS) is 11.3. The van der Waals surface area contributed by atoms with Gasteiger partial charge in [0.15, 0.2) is 0 Å². The van der Waals surface area contributed by atoms with Crippen molar-refractivity contribution in [2.75, 3.05) is 30.9 Å². The number of carbonyl (C=O) groups is 1. The number of nitrogens with zero attached hydrogens (tertiary/aromatic N) is 1. The Hall–Kier alpha value is -1.60. The van der Waals surface area contributed by atoms with Gasteiger partial charge < -0.3 is 9.64 Å². The molecule has 1 rings (SSSR count). The fourth-order valence-corrected chi connectivity index (χ4v) is 3.20. The summed E-state index contributed by atoms with van der Waals surface area (Å²) < 4.78 is 31.1. The van der Waals surface area contributed by atoms with Crippen LogP contribution in [0.3, 0.4) is 0 Å². The van der Waals surface area contributed by atoms with E-state index in [1.54, 1.807) is 13.0 Å². The minimum atomic E-state index is -3.28.